The minimum Gasteiger partial charge on any atom is -0.380 e. The van der Waals surface area contributed by atoms with Crippen LogP contribution in [-0.4, -0.2) is 11.8 Å². The molecule has 1 aliphatic rings. The van der Waals surface area contributed by atoms with Crippen molar-refractivity contribution in [2.75, 3.05) is 11.1 Å². The zero-order chi connectivity index (χ0) is 10.7. The van der Waals surface area contributed by atoms with E-state index in [1.807, 2.05) is 11.8 Å². The van der Waals surface area contributed by atoms with Crippen LogP contribution in [0.15, 0.2) is 27.6 Å². The van der Waals surface area contributed by atoms with Crippen molar-refractivity contribution >= 4 is 33.4 Å². The van der Waals surface area contributed by atoms with Crippen molar-refractivity contribution in [2.45, 2.75) is 23.8 Å². The van der Waals surface area contributed by atoms with Gasteiger partial charge in [-0.3, -0.25) is 0 Å². The van der Waals surface area contributed by atoms with E-state index in [2.05, 4.69) is 45.5 Å². The molecule has 0 saturated carbocycles. The predicted octanol–water partition coefficient (Wildman–Crippen LogP) is 3.64. The number of rotatable bonds is 2. The van der Waals surface area contributed by atoms with Crippen LogP contribution in [0.1, 0.15) is 12.8 Å². The first-order valence-corrected chi connectivity index (χ1v) is 6.63. The Bertz CT molecular complexity index is 400. The molecule has 0 spiro atoms. The minimum absolute atomic E-state index is 0.427. The van der Waals surface area contributed by atoms with Gasteiger partial charge in [0.05, 0.1) is 6.07 Å². The van der Waals surface area contributed by atoms with Crippen LogP contribution >= 0.6 is 27.7 Å². The van der Waals surface area contributed by atoms with Crippen LogP contribution < -0.4 is 5.32 Å². The second kappa shape index (κ2) is 4.91. The van der Waals surface area contributed by atoms with Gasteiger partial charge in [-0.15, -0.1) is 11.8 Å². The highest BCUT2D eigenvalue weighted by Crippen LogP contribution is 2.35. The Hall–Kier alpha value is -0.660. The fourth-order valence-corrected chi connectivity index (χ4v) is 3.02. The summed E-state index contributed by atoms with van der Waals surface area (Å²) in [6.45, 7) is 0. The van der Waals surface area contributed by atoms with Crippen LogP contribution in [0.2, 0.25) is 0 Å². The van der Waals surface area contributed by atoms with E-state index >= 15 is 0 Å². The number of nitrogens with zero attached hydrogens (tertiary/aromatic N) is 1. The van der Waals surface area contributed by atoms with Gasteiger partial charge in [-0.25, -0.2) is 0 Å². The van der Waals surface area contributed by atoms with Crippen LogP contribution in [0.3, 0.4) is 0 Å². The first-order chi connectivity index (χ1) is 7.29. The Labute approximate surface area is 102 Å². The van der Waals surface area contributed by atoms with Crippen molar-refractivity contribution < 1.29 is 0 Å². The Kier molecular flexibility index (Phi) is 3.55. The van der Waals surface area contributed by atoms with Gasteiger partial charge in [-0.2, -0.15) is 5.26 Å². The molecule has 2 rings (SSSR count). The highest BCUT2D eigenvalue weighted by atomic mass is 79.9. The summed E-state index contributed by atoms with van der Waals surface area (Å²) in [4.78, 5) is 1.30. The minimum atomic E-state index is 0.427. The molecule has 1 atom stereocenters. The van der Waals surface area contributed by atoms with Crippen LogP contribution in [0.25, 0.3) is 0 Å². The normalized spacial score (nSPS) is 18.8. The van der Waals surface area contributed by atoms with Gasteiger partial charge >= 0.3 is 0 Å². The number of nitriles is 1. The molecule has 15 heavy (non-hydrogen) atoms. The third-order valence-corrected chi connectivity index (χ3v) is 4.08. The van der Waals surface area contributed by atoms with Crippen molar-refractivity contribution in [3.05, 3.63) is 22.7 Å². The largest absolute Gasteiger partial charge is 0.380 e. The fraction of sp³-hybridized carbons (Fsp3) is 0.364. The molecule has 0 aromatic heterocycles. The maximum Gasteiger partial charge on any atom is 0.0622 e. The Morgan fingerprint density at radius 2 is 2.47 bits per heavy atom. The highest BCUT2D eigenvalue weighted by molar-refractivity contribution is 9.10. The molecule has 0 radical (unpaired) electrons. The van der Waals surface area contributed by atoms with Crippen LogP contribution in [0, 0.1) is 11.3 Å². The van der Waals surface area contributed by atoms with Gasteiger partial charge in [-0.05, 0) is 24.6 Å². The summed E-state index contributed by atoms with van der Waals surface area (Å²) in [6, 6.07) is 8.90. The van der Waals surface area contributed by atoms with Crippen LogP contribution in [0.5, 0.6) is 0 Å². The smallest absolute Gasteiger partial charge is 0.0622 e. The van der Waals surface area contributed by atoms with Crippen molar-refractivity contribution in [3.8, 4) is 6.07 Å². The molecule has 78 valence electrons. The second-order valence-electron chi connectivity index (χ2n) is 3.49. The monoisotopic (exact) mass is 282 g/mol. The van der Waals surface area contributed by atoms with Crippen LogP contribution in [-0.2, 0) is 0 Å². The molecule has 0 aliphatic carbocycles. The number of nitrogens with one attached hydrogen (secondary N) is 1. The number of fused-ring (bicyclic) bond motifs is 1. The molecule has 2 nitrogen and oxygen atoms in total. The summed E-state index contributed by atoms with van der Waals surface area (Å²) >= 11 is 5.32. The Morgan fingerprint density at radius 1 is 1.60 bits per heavy atom. The number of hydrogen-bond acceptors (Lipinski definition) is 3. The number of anilines is 1. The van der Waals surface area contributed by atoms with Gasteiger partial charge in [0.25, 0.3) is 0 Å². The van der Waals surface area contributed by atoms with Gasteiger partial charge < -0.3 is 5.32 Å². The zero-order valence-corrected chi connectivity index (χ0v) is 10.6. The quantitative estimate of drug-likeness (QED) is 0.900. The fourth-order valence-electron chi connectivity index (χ4n) is 1.59. The lowest BCUT2D eigenvalue weighted by molar-refractivity contribution is 0.724. The summed E-state index contributed by atoms with van der Waals surface area (Å²) in [5.74, 6) is 1.05. The average Bonchev–Trinajstić information content (AvgIpc) is 2.25. The number of benzene rings is 1. The molecule has 0 amide bonds. The van der Waals surface area contributed by atoms with E-state index in [1.54, 1.807) is 0 Å². The predicted molar refractivity (Wildman–Crippen MR) is 67.1 cm³/mol. The lowest BCUT2D eigenvalue weighted by Gasteiger charge is -2.26. The number of hydrogen-bond donors (Lipinski definition) is 1. The van der Waals surface area contributed by atoms with Crippen molar-refractivity contribution in [1.82, 2.24) is 0 Å². The molecule has 0 bridgehead atoms. The van der Waals surface area contributed by atoms with E-state index in [-0.39, 0.29) is 0 Å². The van der Waals surface area contributed by atoms with Crippen molar-refractivity contribution in [2.24, 2.45) is 0 Å². The Morgan fingerprint density at radius 3 is 3.27 bits per heavy atom. The summed E-state index contributed by atoms with van der Waals surface area (Å²) in [6.07, 6.45) is 1.55. The number of thioether (sulfide) groups is 1. The van der Waals surface area contributed by atoms with Crippen molar-refractivity contribution in [1.29, 1.82) is 5.26 Å². The van der Waals surface area contributed by atoms with E-state index in [1.165, 1.54) is 10.6 Å². The third-order valence-electron chi connectivity index (χ3n) is 2.35. The summed E-state index contributed by atoms with van der Waals surface area (Å²) in [7, 11) is 0. The molecule has 1 N–H and O–H groups in total. The van der Waals surface area contributed by atoms with E-state index in [0.717, 1.165) is 16.6 Å². The summed E-state index contributed by atoms with van der Waals surface area (Å²) in [5.41, 5.74) is 1.18. The molecular weight excluding hydrogens is 272 g/mol. The van der Waals surface area contributed by atoms with Crippen LogP contribution in [0.4, 0.5) is 5.69 Å². The molecule has 4 heteroatoms. The van der Waals surface area contributed by atoms with Gasteiger partial charge in [0.15, 0.2) is 0 Å². The van der Waals surface area contributed by atoms with E-state index in [4.69, 9.17) is 5.26 Å². The summed E-state index contributed by atoms with van der Waals surface area (Å²) in [5, 5.41) is 12.0. The maximum atomic E-state index is 8.54. The lowest BCUT2D eigenvalue weighted by atomic mass is 10.1. The molecule has 1 aromatic rings. The molecule has 1 aromatic carbocycles. The second-order valence-corrected chi connectivity index (χ2v) is 5.47. The molecule has 1 unspecified atom stereocenters. The Balaban J connectivity index is 2.09. The van der Waals surface area contributed by atoms with E-state index in [9.17, 15) is 0 Å². The first-order valence-electron chi connectivity index (χ1n) is 4.85. The van der Waals surface area contributed by atoms with E-state index in [0.29, 0.717) is 12.5 Å². The van der Waals surface area contributed by atoms with Gasteiger partial charge in [0.2, 0.25) is 0 Å². The summed E-state index contributed by atoms with van der Waals surface area (Å²) < 4.78 is 1.09. The number of halogens is 1. The molecule has 0 fully saturated rings. The van der Waals surface area contributed by atoms with Gasteiger partial charge in [0.1, 0.15) is 0 Å². The highest BCUT2D eigenvalue weighted by Gasteiger charge is 2.17. The molecule has 1 heterocycles. The first kappa shape index (κ1) is 10.8. The molecular formula is C11H11BrN2S. The van der Waals surface area contributed by atoms with Gasteiger partial charge in [0, 0.05) is 33.3 Å². The SMILES string of the molecule is N#CCCC1CSc2ccc(Br)cc2N1. The topological polar surface area (TPSA) is 35.8 Å². The molecule has 1 aliphatic heterocycles. The molecule has 0 saturated heterocycles. The average molecular weight is 283 g/mol. The maximum absolute atomic E-state index is 8.54. The third kappa shape index (κ3) is 2.67. The van der Waals surface area contributed by atoms with Crippen molar-refractivity contribution in [3.63, 3.8) is 0 Å². The lowest BCUT2D eigenvalue weighted by Crippen LogP contribution is -2.25. The van der Waals surface area contributed by atoms with E-state index < -0.39 is 0 Å². The zero-order valence-electron chi connectivity index (χ0n) is 8.16. The standard InChI is InChI=1S/C11H11BrN2S/c12-8-3-4-11-10(6-8)14-9(7-15-11)2-1-5-13/h3-4,6,9,14H,1-2,7H2. The van der Waals surface area contributed by atoms with Gasteiger partial charge in [-0.1, -0.05) is 15.9 Å².